The lowest BCUT2D eigenvalue weighted by molar-refractivity contribution is -0.288. The Kier molecular flexibility index (Phi) is 11.6. The van der Waals surface area contributed by atoms with Gasteiger partial charge in [0, 0.05) is 17.2 Å². The summed E-state index contributed by atoms with van der Waals surface area (Å²) in [7, 11) is 0. The van der Waals surface area contributed by atoms with Gasteiger partial charge in [-0.25, -0.2) is 4.90 Å². The summed E-state index contributed by atoms with van der Waals surface area (Å²) in [6.07, 6.45) is -21.3. The zero-order chi connectivity index (χ0) is 47.9. The molecule has 6 rings (SSSR count). The van der Waals surface area contributed by atoms with Crippen molar-refractivity contribution in [3.63, 3.8) is 0 Å². The summed E-state index contributed by atoms with van der Waals surface area (Å²) >= 11 is 0. The molecule has 7 nitrogen and oxygen atoms in total. The molecule has 64 heavy (non-hydrogen) atoms. The number of carbonyl (C=O) groups is 4. The highest BCUT2D eigenvalue weighted by Crippen LogP contribution is 2.57. The molecular weight excluding hydrogens is 874 g/mol. The molecule has 340 valence electrons. The molecule has 4 aromatic carbocycles. The zero-order valence-electron chi connectivity index (χ0n) is 34.4. The number of alkyl halides is 12. The first-order chi connectivity index (χ1) is 29.5. The molecule has 0 fully saturated rings. The predicted molar refractivity (Wildman–Crippen MR) is 209 cm³/mol. The number of nitrogens with zero attached hydrogens (tertiary/aromatic N) is 2. The van der Waals surface area contributed by atoms with Crippen molar-refractivity contribution < 1.29 is 71.9 Å². The van der Waals surface area contributed by atoms with Gasteiger partial charge in [0.2, 0.25) is 5.41 Å². The van der Waals surface area contributed by atoms with Crippen molar-refractivity contribution in [3.8, 4) is 11.1 Å². The normalized spacial score (nSPS) is 16.8. The van der Waals surface area contributed by atoms with E-state index in [0.29, 0.717) is 48.9 Å². The third-order valence-electron chi connectivity index (χ3n) is 12.5. The molecule has 0 radical (unpaired) electrons. The Morgan fingerprint density at radius 2 is 0.938 bits per heavy atom. The Morgan fingerprint density at radius 3 is 1.39 bits per heavy atom. The standard InChI is InChI=1S/C45H37F12N3O4/c1-6-17-40(5,8-3)60-37(63)30-15-11-25(19-32(30)38(60)64)41(44(52,53)54,45(55,56)57)24-10-14-29-31(18-24)36(62)59(35(29)61)26-12-16-28(34(21-26)43(49,50)51)27-13-9-23(39(4,7-2)22-58)20-33(27)42(46,47)48/h9-16,18-22,58H,6-8,17H2,1-5H3. The maximum atomic E-state index is 15.4. The molecule has 4 amide bonds. The molecule has 2 heterocycles. The summed E-state index contributed by atoms with van der Waals surface area (Å²) in [5, 5.41) is 7.72. The summed E-state index contributed by atoms with van der Waals surface area (Å²) in [4.78, 5) is 55.4. The molecule has 2 aliphatic rings. The van der Waals surface area contributed by atoms with Crippen LogP contribution in [0.3, 0.4) is 0 Å². The minimum absolute atomic E-state index is 0.0370. The fraction of sp³-hybridized carbons (Fsp3) is 0.356. The Morgan fingerprint density at radius 1 is 0.516 bits per heavy atom. The van der Waals surface area contributed by atoms with Gasteiger partial charge in [0.25, 0.3) is 23.6 Å². The van der Waals surface area contributed by atoms with Gasteiger partial charge in [-0.05, 0) is 96.5 Å². The third-order valence-corrected chi connectivity index (χ3v) is 12.5. The first-order valence-corrected chi connectivity index (χ1v) is 19.6. The molecule has 0 saturated heterocycles. The number of amides is 4. The smallest absolute Gasteiger partial charge is 0.312 e. The van der Waals surface area contributed by atoms with Gasteiger partial charge in [-0.15, -0.1) is 0 Å². The van der Waals surface area contributed by atoms with E-state index in [0.717, 1.165) is 23.2 Å². The van der Waals surface area contributed by atoms with Gasteiger partial charge in [-0.1, -0.05) is 64.4 Å². The Balaban J connectivity index is 1.49. The SMILES string of the molecule is CCCC(C)(CC)N1C(=O)c2ccc(C(c3ccc4c(c3)C(=O)N(c3ccc(-c5ccc(C(C)(C=N)CC)cc5C(F)(F)F)c(C(F)(F)F)c3)C4=O)(C(F)(F)F)C(F)(F)F)cc2C1=O. The average molecular weight is 912 g/mol. The van der Waals surface area contributed by atoms with Crippen molar-refractivity contribution in [2.24, 2.45) is 0 Å². The quantitative estimate of drug-likeness (QED) is 0.0920. The van der Waals surface area contributed by atoms with E-state index >= 15 is 26.3 Å². The number of nitrogens with one attached hydrogen (secondary N) is 1. The van der Waals surface area contributed by atoms with Gasteiger partial charge in [0.05, 0.1) is 39.1 Å². The van der Waals surface area contributed by atoms with Gasteiger partial charge in [-0.2, -0.15) is 52.7 Å². The number of imide groups is 2. The second-order valence-electron chi connectivity index (χ2n) is 16.2. The highest BCUT2D eigenvalue weighted by Gasteiger charge is 2.73. The monoisotopic (exact) mass is 911 g/mol. The summed E-state index contributed by atoms with van der Waals surface area (Å²) in [6.45, 7) is 7.97. The summed E-state index contributed by atoms with van der Waals surface area (Å²) in [5.41, 5.74) is -20.0. The zero-order valence-corrected chi connectivity index (χ0v) is 34.4. The number of rotatable bonds is 11. The van der Waals surface area contributed by atoms with E-state index in [1.54, 1.807) is 27.7 Å². The Hall–Kier alpha value is -6.01. The number of benzene rings is 4. The van der Waals surface area contributed by atoms with E-state index in [1.165, 1.54) is 6.92 Å². The molecule has 0 aliphatic carbocycles. The molecule has 4 aromatic rings. The molecule has 2 aliphatic heterocycles. The topological polar surface area (TPSA) is 98.6 Å². The number of halogens is 12. The number of fused-ring (bicyclic) bond motifs is 2. The number of carbonyl (C=O) groups excluding carboxylic acids is 4. The van der Waals surface area contributed by atoms with Crippen LogP contribution in [0.2, 0.25) is 0 Å². The van der Waals surface area contributed by atoms with Gasteiger partial charge in [0.15, 0.2) is 0 Å². The number of hydrogen-bond acceptors (Lipinski definition) is 5. The van der Waals surface area contributed by atoms with Crippen molar-refractivity contribution in [1.29, 1.82) is 5.41 Å². The van der Waals surface area contributed by atoms with Crippen LogP contribution in [0.5, 0.6) is 0 Å². The molecule has 2 atom stereocenters. The Bertz CT molecular complexity index is 2600. The first-order valence-electron chi connectivity index (χ1n) is 19.6. The molecule has 19 heteroatoms. The van der Waals surface area contributed by atoms with Crippen LogP contribution >= 0.6 is 0 Å². The molecule has 0 saturated carbocycles. The van der Waals surface area contributed by atoms with Crippen molar-refractivity contribution in [1.82, 2.24) is 4.90 Å². The van der Waals surface area contributed by atoms with Crippen LogP contribution in [-0.4, -0.2) is 52.6 Å². The molecule has 0 bridgehead atoms. The average Bonchev–Trinajstić information content (AvgIpc) is 3.61. The highest BCUT2D eigenvalue weighted by atomic mass is 19.4. The molecule has 1 N–H and O–H groups in total. The van der Waals surface area contributed by atoms with E-state index < -0.39 is 126 Å². The molecule has 0 spiro atoms. The lowest BCUT2D eigenvalue weighted by Crippen LogP contribution is -2.55. The van der Waals surface area contributed by atoms with Gasteiger partial charge in [0.1, 0.15) is 0 Å². The second-order valence-corrected chi connectivity index (χ2v) is 16.2. The third kappa shape index (κ3) is 7.23. The van der Waals surface area contributed by atoms with Gasteiger partial charge >= 0.3 is 24.7 Å². The summed E-state index contributed by atoms with van der Waals surface area (Å²) in [5.74, 6) is -5.21. The van der Waals surface area contributed by atoms with Crippen LogP contribution in [0, 0.1) is 5.41 Å². The maximum Gasteiger partial charge on any atom is 0.417 e. The van der Waals surface area contributed by atoms with Gasteiger partial charge < -0.3 is 5.41 Å². The molecular formula is C45H37F12N3O4. The Labute approximate surface area is 357 Å². The lowest BCUT2D eigenvalue weighted by Gasteiger charge is -2.38. The minimum atomic E-state index is -6.30. The van der Waals surface area contributed by atoms with Crippen LogP contribution in [0.4, 0.5) is 58.4 Å². The lowest BCUT2D eigenvalue weighted by atomic mass is 9.71. The van der Waals surface area contributed by atoms with E-state index in [2.05, 4.69) is 0 Å². The highest BCUT2D eigenvalue weighted by molar-refractivity contribution is 6.34. The fourth-order valence-corrected chi connectivity index (χ4v) is 8.54. The van der Waals surface area contributed by atoms with Crippen molar-refractivity contribution in [2.45, 2.75) is 101 Å². The first kappa shape index (κ1) is 47.5. The molecule has 2 unspecified atom stereocenters. The summed E-state index contributed by atoms with van der Waals surface area (Å²) < 4.78 is 180. The summed E-state index contributed by atoms with van der Waals surface area (Å²) in [6, 6.07) is 6.02. The minimum Gasteiger partial charge on any atom is -0.312 e. The van der Waals surface area contributed by atoms with Gasteiger partial charge in [-0.3, -0.25) is 24.1 Å². The van der Waals surface area contributed by atoms with Crippen molar-refractivity contribution in [2.75, 3.05) is 4.90 Å². The van der Waals surface area contributed by atoms with Crippen LogP contribution in [0.1, 0.15) is 130 Å². The van der Waals surface area contributed by atoms with E-state index in [-0.39, 0.29) is 47.9 Å². The van der Waals surface area contributed by atoms with Crippen molar-refractivity contribution in [3.05, 3.63) is 123 Å². The predicted octanol–water partition coefficient (Wildman–Crippen LogP) is 12.5. The van der Waals surface area contributed by atoms with Crippen LogP contribution in [0.15, 0.2) is 72.8 Å². The van der Waals surface area contributed by atoms with Crippen LogP contribution in [-0.2, 0) is 23.2 Å². The van der Waals surface area contributed by atoms with E-state index in [9.17, 15) is 45.5 Å². The maximum absolute atomic E-state index is 15.4. The van der Waals surface area contributed by atoms with Crippen LogP contribution < -0.4 is 4.90 Å². The number of anilines is 1. The van der Waals surface area contributed by atoms with Crippen molar-refractivity contribution >= 4 is 35.5 Å². The van der Waals surface area contributed by atoms with E-state index in [1.807, 2.05) is 0 Å². The number of hydrogen-bond donors (Lipinski definition) is 1. The fourth-order valence-electron chi connectivity index (χ4n) is 8.54. The largest absolute Gasteiger partial charge is 0.417 e. The second kappa shape index (κ2) is 15.6. The molecule has 0 aromatic heterocycles. The van der Waals surface area contributed by atoms with E-state index in [4.69, 9.17) is 5.41 Å². The van der Waals surface area contributed by atoms with Crippen LogP contribution in [0.25, 0.3) is 11.1 Å².